The Morgan fingerprint density at radius 1 is 1.12 bits per heavy atom. The number of fused-ring (bicyclic) bond motifs is 3. The lowest BCUT2D eigenvalue weighted by atomic mass is 9.74. The predicted molar refractivity (Wildman–Crippen MR) is 140 cm³/mol. The number of carbonyl (C=O) groups excluding carboxylic acids is 1. The molecule has 5 rings (SSSR count). The fourth-order valence-corrected chi connectivity index (χ4v) is 9.49. The second-order valence-electron chi connectivity index (χ2n) is 11.8. The maximum atomic E-state index is 14.9. The van der Waals surface area contributed by atoms with E-state index in [9.17, 15) is 45.1 Å². The molecule has 1 amide bonds. The number of hydrogen-bond acceptors (Lipinski definition) is 5. The van der Waals surface area contributed by atoms with Crippen LogP contribution in [0.3, 0.4) is 0 Å². The normalized spacial score (nSPS) is 29.4. The second-order valence-corrected chi connectivity index (χ2v) is 14.1. The van der Waals surface area contributed by atoms with Crippen LogP contribution in [0.5, 0.6) is 0 Å². The van der Waals surface area contributed by atoms with Crippen molar-refractivity contribution >= 4 is 21.7 Å². The van der Waals surface area contributed by atoms with Crippen molar-refractivity contribution in [3.05, 3.63) is 59.2 Å². The Hall–Kier alpha value is -3.09. The molecule has 1 aliphatic heterocycles. The van der Waals surface area contributed by atoms with Crippen LogP contribution in [-0.2, 0) is 36.3 Å². The molecule has 2 aromatic rings. The molecule has 6 atom stereocenters. The molecule has 0 spiro atoms. The van der Waals surface area contributed by atoms with Crippen molar-refractivity contribution < 1.29 is 45.1 Å². The SMILES string of the molecule is C[C@H]1C[C@H](C(=O)O)CC[C@H]1C(=O)N1CCC2(S(=O)(=O)c3cccc(F)c3)c3cnc(C(C)(F)C(F)(F)F)cc3CCC12. The number of aliphatic carboxylic acids is 1. The average molecular weight is 615 g/mol. The van der Waals surface area contributed by atoms with Crippen molar-refractivity contribution in [2.75, 3.05) is 6.54 Å². The Bertz CT molecular complexity index is 1530. The Kier molecular flexibility index (Phi) is 7.43. The lowest BCUT2D eigenvalue weighted by molar-refractivity contribution is -0.230. The third kappa shape index (κ3) is 4.58. The highest BCUT2D eigenvalue weighted by Gasteiger charge is 2.62. The van der Waals surface area contributed by atoms with Gasteiger partial charge in [-0.15, -0.1) is 0 Å². The van der Waals surface area contributed by atoms with Gasteiger partial charge in [-0.1, -0.05) is 13.0 Å². The van der Waals surface area contributed by atoms with Gasteiger partial charge in [-0.2, -0.15) is 13.2 Å². The Morgan fingerprint density at radius 2 is 1.83 bits per heavy atom. The lowest BCUT2D eigenvalue weighted by Gasteiger charge is -2.44. The number of carbonyl (C=O) groups is 2. The van der Waals surface area contributed by atoms with E-state index in [1.54, 1.807) is 6.92 Å². The first-order valence-corrected chi connectivity index (χ1v) is 15.3. The van der Waals surface area contributed by atoms with Crippen molar-refractivity contribution in [3.8, 4) is 0 Å². The van der Waals surface area contributed by atoms with Crippen LogP contribution < -0.4 is 0 Å². The van der Waals surface area contributed by atoms with Crippen molar-refractivity contribution in [2.24, 2.45) is 17.8 Å². The monoisotopic (exact) mass is 614 g/mol. The number of aryl methyl sites for hydroxylation is 1. The number of hydrogen-bond donors (Lipinski definition) is 1. The molecule has 0 radical (unpaired) electrons. The smallest absolute Gasteiger partial charge is 0.428 e. The number of nitrogens with zero attached hydrogens (tertiary/aromatic N) is 2. The van der Waals surface area contributed by atoms with Crippen molar-refractivity contribution in [2.45, 2.75) is 79.9 Å². The minimum Gasteiger partial charge on any atom is -0.481 e. The summed E-state index contributed by atoms with van der Waals surface area (Å²) in [6.45, 7) is 2.15. The number of pyridine rings is 1. The number of benzene rings is 1. The molecule has 13 heteroatoms. The molecule has 0 bridgehead atoms. The molecule has 2 aliphatic carbocycles. The van der Waals surface area contributed by atoms with Crippen LogP contribution in [0.2, 0.25) is 0 Å². The number of sulfone groups is 1. The quantitative estimate of drug-likeness (QED) is 0.458. The van der Waals surface area contributed by atoms with Gasteiger partial charge in [0.2, 0.25) is 11.6 Å². The summed E-state index contributed by atoms with van der Waals surface area (Å²) in [5.41, 5.74) is -4.44. The summed E-state index contributed by atoms with van der Waals surface area (Å²) in [5.74, 6) is -3.42. The van der Waals surface area contributed by atoms with Crippen LogP contribution in [-0.4, -0.2) is 54.0 Å². The number of halogens is 5. The molecule has 7 nitrogen and oxygen atoms in total. The minimum atomic E-state index is -5.26. The minimum absolute atomic E-state index is 0.00813. The molecule has 1 saturated heterocycles. The molecule has 2 heterocycles. The van der Waals surface area contributed by atoms with Crippen LogP contribution >= 0.6 is 0 Å². The molecule has 228 valence electrons. The average Bonchev–Trinajstić information content (AvgIpc) is 3.33. The predicted octanol–water partition coefficient (Wildman–Crippen LogP) is 5.32. The zero-order valence-corrected chi connectivity index (χ0v) is 23.8. The molecule has 1 N–H and O–H groups in total. The number of rotatable bonds is 5. The molecular weight excluding hydrogens is 583 g/mol. The molecule has 1 aromatic carbocycles. The standard InChI is InChI=1S/C29H31F5N2O5S/c1-16-12-18(26(38)39)6-8-21(16)25(37)36-11-10-28(42(40,41)20-5-3-4-19(30)14-20)22-15-35-23(27(2,31)29(32,33)34)13-17(22)7-9-24(28)36/h3-5,13-16,18,21,24H,6-12H2,1-2H3,(H,38,39)/t16-,18+,21+,24?,27?,28?/m0/s1. The number of alkyl halides is 4. The van der Waals surface area contributed by atoms with Gasteiger partial charge < -0.3 is 10.0 Å². The first-order valence-electron chi connectivity index (χ1n) is 13.8. The molecule has 3 aliphatic rings. The summed E-state index contributed by atoms with van der Waals surface area (Å²) in [4.78, 5) is 30.4. The lowest BCUT2D eigenvalue weighted by Crippen LogP contribution is -2.54. The number of carboxylic acid groups (broad SMARTS) is 1. The van der Waals surface area contributed by atoms with Gasteiger partial charge in [0.05, 0.1) is 22.5 Å². The van der Waals surface area contributed by atoms with Gasteiger partial charge in [0, 0.05) is 18.7 Å². The highest BCUT2D eigenvalue weighted by Crippen LogP contribution is 2.54. The van der Waals surface area contributed by atoms with Gasteiger partial charge in [-0.3, -0.25) is 14.6 Å². The molecule has 42 heavy (non-hydrogen) atoms. The van der Waals surface area contributed by atoms with Crippen LogP contribution in [0.4, 0.5) is 22.0 Å². The Balaban J connectivity index is 1.61. The van der Waals surface area contributed by atoms with Gasteiger partial charge in [-0.25, -0.2) is 17.2 Å². The number of likely N-dealkylation sites (tertiary alicyclic amines) is 1. The van der Waals surface area contributed by atoms with E-state index in [-0.39, 0.29) is 53.7 Å². The molecule has 1 saturated carbocycles. The zero-order chi connectivity index (χ0) is 30.8. The largest absolute Gasteiger partial charge is 0.481 e. The van der Waals surface area contributed by atoms with Crippen LogP contribution in [0.1, 0.15) is 62.8 Å². The first-order chi connectivity index (χ1) is 19.5. The second kappa shape index (κ2) is 10.3. The van der Waals surface area contributed by atoms with Crippen molar-refractivity contribution in [1.82, 2.24) is 9.88 Å². The van der Waals surface area contributed by atoms with Crippen LogP contribution in [0, 0.1) is 23.6 Å². The third-order valence-corrected chi connectivity index (χ3v) is 12.0. The van der Waals surface area contributed by atoms with Gasteiger partial charge in [0.15, 0.2) is 9.84 Å². The fourth-order valence-electron chi connectivity index (χ4n) is 7.11. The van der Waals surface area contributed by atoms with Gasteiger partial charge in [0.25, 0.3) is 0 Å². The summed E-state index contributed by atoms with van der Waals surface area (Å²) in [7, 11) is -4.47. The number of carboxylic acids is 1. The zero-order valence-electron chi connectivity index (χ0n) is 23.0. The van der Waals surface area contributed by atoms with Gasteiger partial charge in [-0.05, 0) is 86.8 Å². The van der Waals surface area contributed by atoms with E-state index < -0.39 is 61.8 Å². The summed E-state index contributed by atoms with van der Waals surface area (Å²) in [6.07, 6.45) is -3.37. The summed E-state index contributed by atoms with van der Waals surface area (Å²) < 4.78 is 96.5. The maximum absolute atomic E-state index is 14.9. The fraction of sp³-hybridized carbons (Fsp3) is 0.552. The number of amides is 1. The van der Waals surface area contributed by atoms with E-state index in [0.717, 1.165) is 24.4 Å². The van der Waals surface area contributed by atoms with Crippen LogP contribution in [0.25, 0.3) is 0 Å². The Labute approximate surface area is 240 Å². The first kappa shape index (κ1) is 30.4. The van der Waals surface area contributed by atoms with Crippen molar-refractivity contribution in [1.29, 1.82) is 0 Å². The van der Waals surface area contributed by atoms with Crippen molar-refractivity contribution in [3.63, 3.8) is 0 Å². The summed E-state index contributed by atoms with van der Waals surface area (Å²) >= 11 is 0. The summed E-state index contributed by atoms with van der Waals surface area (Å²) in [6, 6.07) is 4.40. The molecular formula is C29H31F5N2O5S. The van der Waals surface area contributed by atoms with E-state index in [4.69, 9.17) is 0 Å². The summed E-state index contributed by atoms with van der Waals surface area (Å²) in [5, 5.41) is 9.42. The highest BCUT2D eigenvalue weighted by atomic mass is 32.2. The van der Waals surface area contributed by atoms with E-state index in [0.29, 0.717) is 26.2 Å². The maximum Gasteiger partial charge on any atom is 0.428 e. The molecule has 3 unspecified atom stereocenters. The van der Waals surface area contributed by atoms with Gasteiger partial charge >= 0.3 is 12.1 Å². The number of aromatic nitrogens is 1. The third-order valence-electron chi connectivity index (χ3n) is 9.49. The van der Waals surface area contributed by atoms with E-state index in [1.165, 1.54) is 17.0 Å². The highest BCUT2D eigenvalue weighted by molar-refractivity contribution is 7.92. The van der Waals surface area contributed by atoms with E-state index in [1.807, 2.05) is 0 Å². The van der Waals surface area contributed by atoms with Gasteiger partial charge in [0.1, 0.15) is 10.6 Å². The Morgan fingerprint density at radius 3 is 2.45 bits per heavy atom. The van der Waals surface area contributed by atoms with Crippen LogP contribution in [0.15, 0.2) is 41.4 Å². The van der Waals surface area contributed by atoms with E-state index >= 15 is 0 Å². The molecule has 1 aromatic heterocycles. The topological polar surface area (TPSA) is 105 Å². The van der Waals surface area contributed by atoms with E-state index in [2.05, 4.69) is 4.98 Å². The molecule has 2 fully saturated rings.